The molecule has 0 aliphatic carbocycles. The highest BCUT2D eigenvalue weighted by Crippen LogP contribution is 2.07. The molecule has 0 aliphatic heterocycles. The molecular weight excluding hydrogens is 260 g/mol. The van der Waals surface area contributed by atoms with Crippen LogP contribution in [0.15, 0.2) is 4.79 Å². The van der Waals surface area contributed by atoms with Crippen molar-refractivity contribution in [1.82, 2.24) is 4.57 Å². The zero-order valence-electron chi connectivity index (χ0n) is 11.5. The van der Waals surface area contributed by atoms with E-state index >= 15 is 0 Å². The maximum absolute atomic E-state index is 11.9. The van der Waals surface area contributed by atoms with Crippen molar-refractivity contribution in [2.24, 2.45) is 5.92 Å². The lowest BCUT2D eigenvalue weighted by molar-refractivity contribution is -0.147. The molecule has 0 radical (unpaired) electrons. The Morgan fingerprint density at radius 1 is 1.45 bits per heavy atom. The van der Waals surface area contributed by atoms with Crippen LogP contribution in [0.1, 0.15) is 19.4 Å². The second-order valence-corrected chi connectivity index (χ2v) is 4.55. The molecule has 1 heterocycles. The number of esters is 1. The number of ether oxygens (including phenoxy) is 1. The molecule has 1 rings (SSSR count). The van der Waals surface area contributed by atoms with Crippen molar-refractivity contribution < 1.29 is 14.6 Å². The minimum Gasteiger partial charge on any atom is -0.493 e. The molecule has 0 saturated heterocycles. The van der Waals surface area contributed by atoms with E-state index in [2.05, 4.69) is 13.2 Å². The molecule has 106 valence electrons. The number of nitrogens with zero attached hydrogens (tertiary/aromatic N) is 2. The zero-order valence-corrected chi connectivity index (χ0v) is 11.5. The third kappa shape index (κ3) is 2.88. The van der Waals surface area contributed by atoms with E-state index in [4.69, 9.17) is 10.00 Å². The molecule has 0 aromatic carbocycles. The van der Waals surface area contributed by atoms with Gasteiger partial charge in [-0.2, -0.15) is 5.26 Å². The van der Waals surface area contributed by atoms with Crippen LogP contribution in [0.25, 0.3) is 13.2 Å². The highest BCUT2D eigenvalue weighted by Gasteiger charge is 2.13. The van der Waals surface area contributed by atoms with Crippen LogP contribution in [0, 0.1) is 17.2 Å². The van der Waals surface area contributed by atoms with Crippen LogP contribution in [-0.2, 0) is 16.1 Å². The average molecular weight is 276 g/mol. The number of aromatic nitrogens is 1. The summed E-state index contributed by atoms with van der Waals surface area (Å²) in [5.41, 5.74) is -0.670. The van der Waals surface area contributed by atoms with Gasteiger partial charge in [0.05, 0.1) is 12.5 Å². The Morgan fingerprint density at radius 2 is 2.05 bits per heavy atom. The summed E-state index contributed by atoms with van der Waals surface area (Å²) in [6.45, 7) is 10.3. The van der Waals surface area contributed by atoms with E-state index in [-0.39, 0.29) is 35.1 Å². The standard InChI is InChI=1S/C14H16N2O4/c1-8(2)14(19)20-6-5-16-12(17)10(4)9(3)11(7-15)13(16)18/h8,18H,3-6H2,1-2H3. The Kier molecular flexibility index (Phi) is 4.70. The van der Waals surface area contributed by atoms with Crippen LogP contribution < -0.4 is 16.0 Å². The number of nitriles is 1. The van der Waals surface area contributed by atoms with Gasteiger partial charge in [-0.15, -0.1) is 0 Å². The highest BCUT2D eigenvalue weighted by atomic mass is 16.5. The van der Waals surface area contributed by atoms with Gasteiger partial charge >= 0.3 is 5.97 Å². The quantitative estimate of drug-likeness (QED) is 0.745. The SMILES string of the molecule is C=c1c(C#N)c(O)n(CCOC(=O)C(C)C)c(=O)c1=C. The van der Waals surface area contributed by atoms with Crippen molar-refractivity contribution in [3.63, 3.8) is 0 Å². The van der Waals surface area contributed by atoms with Gasteiger partial charge in [-0.3, -0.25) is 14.2 Å². The first-order valence-corrected chi connectivity index (χ1v) is 6.01. The molecule has 0 amide bonds. The Bertz CT molecular complexity index is 726. The molecule has 20 heavy (non-hydrogen) atoms. The third-order valence-corrected chi connectivity index (χ3v) is 2.79. The summed E-state index contributed by atoms with van der Waals surface area (Å²) in [7, 11) is 0. The van der Waals surface area contributed by atoms with Crippen LogP contribution in [0.3, 0.4) is 0 Å². The van der Waals surface area contributed by atoms with E-state index in [0.29, 0.717) is 0 Å². The molecule has 6 nitrogen and oxygen atoms in total. The smallest absolute Gasteiger partial charge is 0.308 e. The topological polar surface area (TPSA) is 92.3 Å². The van der Waals surface area contributed by atoms with Gasteiger partial charge in [-0.25, -0.2) is 0 Å². The molecule has 1 aromatic heterocycles. The van der Waals surface area contributed by atoms with E-state index in [1.54, 1.807) is 19.9 Å². The van der Waals surface area contributed by atoms with Crippen LogP contribution in [0.4, 0.5) is 0 Å². The predicted molar refractivity (Wildman–Crippen MR) is 73.2 cm³/mol. The highest BCUT2D eigenvalue weighted by molar-refractivity contribution is 5.71. The fraction of sp³-hybridized carbons (Fsp3) is 0.357. The Morgan fingerprint density at radius 3 is 2.55 bits per heavy atom. The molecular formula is C14H16N2O4. The van der Waals surface area contributed by atoms with Gasteiger partial charge in [0.25, 0.3) is 5.56 Å². The lowest BCUT2D eigenvalue weighted by Crippen LogP contribution is -2.45. The van der Waals surface area contributed by atoms with Crippen molar-refractivity contribution in [3.8, 4) is 11.9 Å². The Balaban J connectivity index is 3.10. The second-order valence-electron chi connectivity index (χ2n) is 4.55. The summed E-state index contributed by atoms with van der Waals surface area (Å²) in [4.78, 5) is 23.2. The third-order valence-electron chi connectivity index (χ3n) is 2.79. The van der Waals surface area contributed by atoms with Crippen molar-refractivity contribution >= 4 is 19.1 Å². The summed E-state index contributed by atoms with van der Waals surface area (Å²) in [6, 6.07) is 1.77. The largest absolute Gasteiger partial charge is 0.493 e. The monoisotopic (exact) mass is 276 g/mol. The first-order valence-electron chi connectivity index (χ1n) is 6.01. The first-order chi connectivity index (χ1) is 9.31. The fourth-order valence-electron chi connectivity index (χ4n) is 1.54. The normalized spacial score (nSPS) is 10.3. The minimum absolute atomic E-state index is 0.0366. The van der Waals surface area contributed by atoms with Crippen molar-refractivity contribution in [2.45, 2.75) is 20.4 Å². The number of pyridine rings is 1. The summed E-state index contributed by atoms with van der Waals surface area (Å²) in [5.74, 6) is -1.17. The number of carbonyl (C=O) groups excluding carboxylic acids is 1. The summed E-state index contributed by atoms with van der Waals surface area (Å²) in [6.07, 6.45) is 0. The van der Waals surface area contributed by atoms with Crippen molar-refractivity contribution in [2.75, 3.05) is 6.61 Å². The lowest BCUT2D eigenvalue weighted by Gasteiger charge is -2.11. The number of carbonyl (C=O) groups is 1. The number of aromatic hydroxyl groups is 1. The Hall–Kier alpha value is -2.55. The van der Waals surface area contributed by atoms with E-state index in [9.17, 15) is 14.7 Å². The molecule has 0 bridgehead atoms. The van der Waals surface area contributed by atoms with Crippen molar-refractivity contribution in [1.29, 1.82) is 5.26 Å². The average Bonchev–Trinajstić information content (AvgIpc) is 2.40. The van der Waals surface area contributed by atoms with E-state index in [1.165, 1.54) is 0 Å². The first kappa shape index (κ1) is 15.5. The second kappa shape index (κ2) is 6.06. The summed E-state index contributed by atoms with van der Waals surface area (Å²) >= 11 is 0. The van der Waals surface area contributed by atoms with Crippen molar-refractivity contribution in [3.05, 3.63) is 26.4 Å². The molecule has 0 fully saturated rings. The van der Waals surface area contributed by atoms with Crippen LogP contribution in [0.2, 0.25) is 0 Å². The molecule has 0 unspecified atom stereocenters. The molecule has 0 aliphatic rings. The van der Waals surface area contributed by atoms with Gasteiger partial charge in [-0.05, 0) is 0 Å². The number of rotatable bonds is 4. The van der Waals surface area contributed by atoms with Gasteiger partial charge in [-0.1, -0.05) is 27.0 Å². The summed E-state index contributed by atoms with van der Waals surface area (Å²) < 4.78 is 5.88. The molecule has 6 heteroatoms. The maximum atomic E-state index is 11.9. The van der Waals surface area contributed by atoms with Gasteiger partial charge in [0.2, 0.25) is 5.88 Å². The molecule has 1 N–H and O–H groups in total. The predicted octanol–water partition coefficient (Wildman–Crippen LogP) is -0.555. The van der Waals surface area contributed by atoms with Crippen LogP contribution in [-0.4, -0.2) is 22.2 Å². The van der Waals surface area contributed by atoms with Gasteiger partial charge in [0, 0.05) is 10.4 Å². The van der Waals surface area contributed by atoms with E-state index in [1.807, 2.05) is 0 Å². The molecule has 0 spiro atoms. The van der Waals surface area contributed by atoms with Gasteiger partial charge in [0.1, 0.15) is 18.2 Å². The Labute approximate surface area is 115 Å². The number of hydrogen-bond acceptors (Lipinski definition) is 5. The lowest BCUT2D eigenvalue weighted by atomic mass is 10.2. The van der Waals surface area contributed by atoms with E-state index < -0.39 is 17.4 Å². The van der Waals surface area contributed by atoms with Crippen LogP contribution >= 0.6 is 0 Å². The molecule has 0 saturated carbocycles. The van der Waals surface area contributed by atoms with Gasteiger partial charge < -0.3 is 9.84 Å². The summed E-state index contributed by atoms with van der Waals surface area (Å²) in [5, 5.41) is 19.0. The molecule has 0 atom stereocenters. The zero-order chi connectivity index (χ0) is 15.4. The fourth-order valence-corrected chi connectivity index (χ4v) is 1.54. The molecule has 1 aromatic rings. The maximum Gasteiger partial charge on any atom is 0.308 e. The van der Waals surface area contributed by atoms with E-state index in [0.717, 1.165) is 4.57 Å². The van der Waals surface area contributed by atoms with Gasteiger partial charge in [0.15, 0.2) is 0 Å². The number of hydrogen-bond donors (Lipinski definition) is 1. The van der Waals surface area contributed by atoms with Crippen LogP contribution in [0.5, 0.6) is 5.88 Å². The minimum atomic E-state index is -0.563.